The topological polar surface area (TPSA) is 95.6 Å². The van der Waals surface area contributed by atoms with Crippen molar-refractivity contribution in [1.82, 2.24) is 9.97 Å². The fraction of sp³-hybridized carbons (Fsp3) is 0.450. The summed E-state index contributed by atoms with van der Waals surface area (Å²) in [6, 6.07) is 3.66. The Morgan fingerprint density at radius 1 is 1.36 bits per heavy atom. The van der Waals surface area contributed by atoms with Crippen molar-refractivity contribution in [2.24, 2.45) is 5.92 Å². The maximum Gasteiger partial charge on any atom is 0.357 e. The minimum absolute atomic E-state index is 0. The first-order valence-electron chi connectivity index (χ1n) is 9.14. The van der Waals surface area contributed by atoms with Crippen LogP contribution in [0.4, 0.5) is 5.69 Å². The van der Waals surface area contributed by atoms with Gasteiger partial charge in [-0.15, -0.1) is 12.2 Å². The van der Waals surface area contributed by atoms with Gasteiger partial charge in [-0.25, -0.2) is 9.78 Å². The Kier molecular flexibility index (Phi) is 8.39. The van der Waals surface area contributed by atoms with Gasteiger partial charge in [-0.2, -0.15) is 0 Å². The molecular formula is C20H24N3O4W-. The number of nitrogens with zero attached hydrogens (tertiary/aromatic N) is 3. The molecular weight excluding hydrogens is 530 g/mol. The third-order valence-corrected chi connectivity index (χ3v) is 4.36. The molecule has 2 aliphatic rings. The zero-order valence-electron chi connectivity index (χ0n) is 16.1. The average Bonchev–Trinajstić information content (AvgIpc) is 3.46. The summed E-state index contributed by atoms with van der Waals surface area (Å²) in [6.45, 7) is 5.50. The number of esters is 1. The number of fused-ring (bicyclic) bond motifs is 1. The number of aliphatic hydroxyl groups is 1. The van der Waals surface area contributed by atoms with Gasteiger partial charge in [0.15, 0.2) is 0 Å². The molecule has 0 amide bonds. The summed E-state index contributed by atoms with van der Waals surface area (Å²) in [6.07, 6.45) is 5.86. The SMILES string of the molecule is CCOC(=O)c1nccc2c1C[N-]2.Cc1cc(CO)ncc1OCC1CC1.[W]. The Bertz CT molecular complexity index is 812. The summed E-state index contributed by atoms with van der Waals surface area (Å²) in [7, 11) is 0. The molecule has 3 heterocycles. The Morgan fingerprint density at radius 3 is 2.71 bits per heavy atom. The number of carbonyl (C=O) groups is 1. The second kappa shape index (κ2) is 10.5. The van der Waals surface area contributed by atoms with Gasteiger partial charge in [0, 0.05) is 27.3 Å². The second-order valence-corrected chi connectivity index (χ2v) is 6.55. The predicted octanol–water partition coefficient (Wildman–Crippen LogP) is 3.45. The maximum atomic E-state index is 11.3. The van der Waals surface area contributed by atoms with Crippen LogP contribution < -0.4 is 4.74 Å². The minimum atomic E-state index is -0.353. The molecule has 8 heteroatoms. The third kappa shape index (κ3) is 5.76. The van der Waals surface area contributed by atoms with E-state index in [1.165, 1.54) is 12.8 Å². The van der Waals surface area contributed by atoms with E-state index >= 15 is 0 Å². The molecule has 7 nitrogen and oxygen atoms in total. The van der Waals surface area contributed by atoms with E-state index in [4.69, 9.17) is 14.6 Å². The summed E-state index contributed by atoms with van der Waals surface area (Å²) in [4.78, 5) is 19.4. The molecule has 1 saturated carbocycles. The average molecular weight is 554 g/mol. The number of rotatable bonds is 6. The van der Waals surface area contributed by atoms with E-state index in [1.54, 1.807) is 25.4 Å². The molecule has 0 aromatic carbocycles. The smallest absolute Gasteiger partial charge is 0.357 e. The number of pyridine rings is 2. The quantitative estimate of drug-likeness (QED) is 0.550. The summed E-state index contributed by atoms with van der Waals surface area (Å²) in [5.74, 6) is 1.25. The van der Waals surface area contributed by atoms with Gasteiger partial charge in [-0.3, -0.25) is 4.98 Å². The van der Waals surface area contributed by atoms with Crippen molar-refractivity contribution in [1.29, 1.82) is 0 Å². The molecule has 0 saturated heterocycles. The van der Waals surface area contributed by atoms with Crippen LogP contribution >= 0.6 is 0 Å². The van der Waals surface area contributed by atoms with Gasteiger partial charge < -0.3 is 19.9 Å². The first-order chi connectivity index (χ1) is 13.1. The van der Waals surface area contributed by atoms with E-state index in [-0.39, 0.29) is 33.6 Å². The fourth-order valence-corrected chi connectivity index (χ4v) is 2.57. The van der Waals surface area contributed by atoms with Crippen molar-refractivity contribution in [2.75, 3.05) is 13.2 Å². The Morgan fingerprint density at radius 2 is 2.14 bits per heavy atom. The molecule has 1 aliphatic carbocycles. The van der Waals surface area contributed by atoms with E-state index in [0.717, 1.165) is 35.1 Å². The molecule has 4 rings (SSSR count). The number of hydrogen-bond donors (Lipinski definition) is 1. The number of aryl methyl sites for hydroxylation is 1. The van der Waals surface area contributed by atoms with Gasteiger partial charge in [0.25, 0.3) is 0 Å². The third-order valence-electron chi connectivity index (χ3n) is 4.36. The van der Waals surface area contributed by atoms with Crippen LogP contribution in [-0.2, 0) is 39.0 Å². The van der Waals surface area contributed by atoms with Gasteiger partial charge in [0.05, 0.1) is 31.7 Å². The van der Waals surface area contributed by atoms with E-state index in [0.29, 0.717) is 24.5 Å². The molecule has 0 radical (unpaired) electrons. The van der Waals surface area contributed by atoms with Crippen LogP contribution in [0.5, 0.6) is 5.75 Å². The van der Waals surface area contributed by atoms with Crippen molar-refractivity contribution >= 4 is 11.7 Å². The molecule has 0 bridgehead atoms. The first kappa shape index (κ1) is 22.3. The Labute approximate surface area is 179 Å². The van der Waals surface area contributed by atoms with Crippen LogP contribution in [0, 0.1) is 12.8 Å². The summed E-state index contributed by atoms with van der Waals surface area (Å²) < 4.78 is 10.5. The van der Waals surface area contributed by atoms with Gasteiger partial charge in [0.2, 0.25) is 0 Å². The van der Waals surface area contributed by atoms with Crippen LogP contribution in [0.3, 0.4) is 0 Å². The summed E-state index contributed by atoms with van der Waals surface area (Å²) >= 11 is 0. The predicted molar refractivity (Wildman–Crippen MR) is 100 cm³/mol. The molecule has 2 aromatic heterocycles. The first-order valence-corrected chi connectivity index (χ1v) is 9.14. The van der Waals surface area contributed by atoms with Crippen LogP contribution in [0.1, 0.15) is 47.1 Å². The molecule has 1 fully saturated rings. The maximum absolute atomic E-state index is 11.3. The Balaban J connectivity index is 0.000000194. The zero-order chi connectivity index (χ0) is 19.2. The second-order valence-electron chi connectivity index (χ2n) is 6.55. The van der Waals surface area contributed by atoms with Crippen molar-refractivity contribution in [2.45, 2.75) is 39.8 Å². The van der Waals surface area contributed by atoms with Gasteiger partial charge >= 0.3 is 5.97 Å². The number of aromatic nitrogens is 2. The van der Waals surface area contributed by atoms with Crippen LogP contribution in [0.25, 0.3) is 5.32 Å². The standard InChI is InChI=1S/C11H15NO2.C9H9N2O2.W/c1-8-4-10(6-13)12-5-11(8)14-7-9-2-3-9;1-2-13-9(12)8-6-5-11-7(6)3-4-10-8;/h4-5,9,13H,2-3,6-7H2,1H3;3-4H,2,5H2,1H3;/q;-1;. The monoisotopic (exact) mass is 554 g/mol. The molecule has 2 aromatic rings. The van der Waals surface area contributed by atoms with Crippen LogP contribution in [0.2, 0.25) is 0 Å². The normalized spacial score (nSPS) is 13.5. The van der Waals surface area contributed by atoms with E-state index in [1.807, 2.05) is 13.0 Å². The molecule has 28 heavy (non-hydrogen) atoms. The largest absolute Gasteiger partial charge is 0.680 e. The summed E-state index contributed by atoms with van der Waals surface area (Å²) in [5.41, 5.74) is 3.92. The number of aliphatic hydroxyl groups excluding tert-OH is 1. The van der Waals surface area contributed by atoms with Crippen molar-refractivity contribution in [3.63, 3.8) is 0 Å². The van der Waals surface area contributed by atoms with E-state index in [9.17, 15) is 4.79 Å². The van der Waals surface area contributed by atoms with Crippen molar-refractivity contribution in [3.8, 4) is 5.75 Å². The van der Waals surface area contributed by atoms with Gasteiger partial charge in [0.1, 0.15) is 11.4 Å². The minimum Gasteiger partial charge on any atom is -0.680 e. The van der Waals surface area contributed by atoms with Crippen molar-refractivity contribution < 1.29 is 40.4 Å². The van der Waals surface area contributed by atoms with Crippen LogP contribution in [-0.4, -0.2) is 34.3 Å². The molecule has 0 spiro atoms. The molecule has 1 N–H and O–H groups in total. The van der Waals surface area contributed by atoms with Crippen LogP contribution in [0.15, 0.2) is 24.5 Å². The molecule has 0 atom stereocenters. The number of hydrogen-bond acceptors (Lipinski definition) is 6. The zero-order valence-corrected chi connectivity index (χ0v) is 19.0. The van der Waals surface area contributed by atoms with Gasteiger partial charge in [-0.05, 0) is 49.8 Å². The summed E-state index contributed by atoms with van der Waals surface area (Å²) in [5, 5.41) is 13.0. The number of ether oxygens (including phenoxy) is 2. The van der Waals surface area contributed by atoms with Gasteiger partial charge in [-0.1, -0.05) is 6.07 Å². The van der Waals surface area contributed by atoms with E-state index < -0.39 is 0 Å². The Hall–Kier alpha value is -1.98. The van der Waals surface area contributed by atoms with E-state index in [2.05, 4.69) is 15.3 Å². The molecule has 150 valence electrons. The molecule has 0 unspecified atom stereocenters. The fourth-order valence-electron chi connectivity index (χ4n) is 2.57. The van der Waals surface area contributed by atoms with Crippen molar-refractivity contribution in [3.05, 3.63) is 52.4 Å². The molecule has 1 aliphatic heterocycles. The number of carbonyl (C=O) groups excluding carboxylic acids is 1.